The van der Waals surface area contributed by atoms with Crippen molar-refractivity contribution in [2.24, 2.45) is 0 Å². The molecule has 0 unspecified atom stereocenters. The molecule has 178 valence electrons. The minimum absolute atomic E-state index is 0.0337. The molecule has 5 rings (SSSR count). The van der Waals surface area contributed by atoms with Crippen LogP contribution in [0.4, 0.5) is 10.5 Å². The van der Waals surface area contributed by atoms with Gasteiger partial charge < -0.3 is 15.7 Å². The zero-order valence-corrected chi connectivity index (χ0v) is 19.9. The van der Waals surface area contributed by atoms with E-state index in [9.17, 15) is 14.7 Å². The maximum atomic E-state index is 13.1. The first-order chi connectivity index (χ1) is 17.1. The average molecular weight is 487 g/mol. The highest BCUT2D eigenvalue weighted by molar-refractivity contribution is 7.12. The highest BCUT2D eigenvalue weighted by atomic mass is 32.1. The fourth-order valence-corrected chi connectivity index (χ4v) is 5.09. The van der Waals surface area contributed by atoms with Crippen molar-refractivity contribution in [2.75, 3.05) is 5.32 Å². The number of aromatic hydroxyl groups is 1. The number of carbonyl (C=O) groups is 2. The van der Waals surface area contributed by atoms with Crippen LogP contribution in [0, 0.1) is 0 Å². The van der Waals surface area contributed by atoms with E-state index < -0.39 is 0 Å². The van der Waals surface area contributed by atoms with Crippen molar-refractivity contribution in [3.63, 3.8) is 0 Å². The van der Waals surface area contributed by atoms with Gasteiger partial charge in [-0.2, -0.15) is 9.78 Å². The van der Waals surface area contributed by atoms with Gasteiger partial charge in [0.1, 0.15) is 5.75 Å². The van der Waals surface area contributed by atoms with Crippen molar-refractivity contribution in [1.82, 2.24) is 15.1 Å². The van der Waals surface area contributed by atoms with Gasteiger partial charge in [-0.3, -0.25) is 4.79 Å². The van der Waals surface area contributed by atoms with Crippen LogP contribution in [0.1, 0.15) is 52.5 Å². The SMILES string of the molecule is O=C(Nc1ccc(O)c(-c2cc(C3CCCC3)n(C(=O)NCc3ccccc3)n2)c1)c1cccs1. The highest BCUT2D eigenvalue weighted by Crippen LogP contribution is 2.38. The second kappa shape index (κ2) is 10.1. The zero-order chi connectivity index (χ0) is 24.2. The highest BCUT2D eigenvalue weighted by Gasteiger charge is 2.26. The van der Waals surface area contributed by atoms with Gasteiger partial charge in [-0.1, -0.05) is 49.2 Å². The van der Waals surface area contributed by atoms with Crippen LogP contribution in [0.2, 0.25) is 0 Å². The topological polar surface area (TPSA) is 96.2 Å². The summed E-state index contributed by atoms with van der Waals surface area (Å²) in [5.74, 6) is 0.0584. The Kier molecular flexibility index (Phi) is 6.63. The molecule has 2 aromatic heterocycles. The number of rotatable bonds is 6. The normalized spacial score (nSPS) is 13.6. The first-order valence-electron chi connectivity index (χ1n) is 11.7. The van der Waals surface area contributed by atoms with Crippen LogP contribution < -0.4 is 10.6 Å². The van der Waals surface area contributed by atoms with Gasteiger partial charge in [-0.25, -0.2) is 4.79 Å². The van der Waals surface area contributed by atoms with Crippen LogP contribution >= 0.6 is 11.3 Å². The second-order valence-corrected chi connectivity index (χ2v) is 9.60. The van der Waals surface area contributed by atoms with E-state index in [1.54, 1.807) is 18.2 Å². The molecule has 7 nitrogen and oxygen atoms in total. The predicted molar refractivity (Wildman–Crippen MR) is 137 cm³/mol. The van der Waals surface area contributed by atoms with E-state index in [-0.39, 0.29) is 23.6 Å². The number of nitrogens with zero attached hydrogens (tertiary/aromatic N) is 2. The van der Waals surface area contributed by atoms with Gasteiger partial charge in [0.2, 0.25) is 0 Å². The molecule has 1 aliphatic carbocycles. The third-order valence-electron chi connectivity index (χ3n) is 6.26. The first kappa shape index (κ1) is 22.9. The monoisotopic (exact) mass is 486 g/mol. The van der Waals surface area contributed by atoms with Crippen molar-refractivity contribution < 1.29 is 14.7 Å². The Morgan fingerprint density at radius 1 is 1.03 bits per heavy atom. The Morgan fingerprint density at radius 2 is 1.83 bits per heavy atom. The van der Waals surface area contributed by atoms with Crippen LogP contribution in [-0.4, -0.2) is 26.8 Å². The van der Waals surface area contributed by atoms with E-state index in [4.69, 9.17) is 0 Å². The minimum atomic E-state index is -0.302. The van der Waals surface area contributed by atoms with Crippen molar-refractivity contribution in [3.8, 4) is 17.0 Å². The van der Waals surface area contributed by atoms with E-state index in [1.807, 2.05) is 47.8 Å². The maximum Gasteiger partial charge on any atom is 0.342 e. The summed E-state index contributed by atoms with van der Waals surface area (Å²) in [5, 5.41) is 22.9. The number of phenols is 1. The van der Waals surface area contributed by atoms with Crippen molar-refractivity contribution in [2.45, 2.75) is 38.1 Å². The third-order valence-corrected chi connectivity index (χ3v) is 7.13. The van der Waals surface area contributed by atoms with Crippen molar-refractivity contribution in [3.05, 3.63) is 88.2 Å². The molecule has 2 heterocycles. The van der Waals surface area contributed by atoms with Crippen LogP contribution in [0.3, 0.4) is 0 Å². The molecular weight excluding hydrogens is 460 g/mol. The summed E-state index contributed by atoms with van der Waals surface area (Å²) in [5.41, 5.74) is 3.34. The zero-order valence-electron chi connectivity index (χ0n) is 19.1. The average Bonchev–Trinajstić information content (AvgIpc) is 3.66. The number of hydrogen-bond acceptors (Lipinski definition) is 5. The molecule has 0 spiro atoms. The van der Waals surface area contributed by atoms with Gasteiger partial charge in [0.05, 0.1) is 16.3 Å². The summed E-state index contributed by atoms with van der Waals surface area (Å²) in [4.78, 5) is 26.2. The molecule has 3 N–H and O–H groups in total. The number of phenolic OH excluding ortho intramolecular Hbond substituents is 1. The lowest BCUT2D eigenvalue weighted by Crippen LogP contribution is -2.30. The van der Waals surface area contributed by atoms with Crippen LogP contribution in [0.5, 0.6) is 5.75 Å². The van der Waals surface area contributed by atoms with Gasteiger partial charge in [-0.15, -0.1) is 11.3 Å². The third kappa shape index (κ3) is 5.12. The number of thiophene rings is 1. The molecule has 2 amide bonds. The smallest absolute Gasteiger partial charge is 0.342 e. The summed E-state index contributed by atoms with van der Waals surface area (Å²) in [6.45, 7) is 0.397. The van der Waals surface area contributed by atoms with E-state index in [2.05, 4.69) is 15.7 Å². The Hall–Kier alpha value is -3.91. The van der Waals surface area contributed by atoms with E-state index in [0.717, 1.165) is 36.9 Å². The molecule has 4 aromatic rings. The molecular formula is C27H26N4O3S. The van der Waals surface area contributed by atoms with Crippen LogP contribution in [0.15, 0.2) is 72.1 Å². The van der Waals surface area contributed by atoms with Crippen molar-refractivity contribution in [1.29, 1.82) is 0 Å². The summed E-state index contributed by atoms with van der Waals surface area (Å²) in [6.07, 6.45) is 4.23. The molecule has 0 saturated heterocycles. The largest absolute Gasteiger partial charge is 0.507 e. The van der Waals surface area contributed by atoms with Crippen LogP contribution in [-0.2, 0) is 6.54 Å². The molecule has 2 aromatic carbocycles. The predicted octanol–water partition coefficient (Wildman–Crippen LogP) is 5.99. The molecule has 1 aliphatic rings. The lowest BCUT2D eigenvalue weighted by atomic mass is 10.0. The fourth-order valence-electron chi connectivity index (χ4n) is 4.47. The quantitative estimate of drug-likeness (QED) is 0.292. The minimum Gasteiger partial charge on any atom is -0.507 e. The fraction of sp³-hybridized carbons (Fsp3) is 0.222. The van der Waals surface area contributed by atoms with Gasteiger partial charge >= 0.3 is 6.03 Å². The second-order valence-electron chi connectivity index (χ2n) is 8.66. The Bertz CT molecular complexity index is 1330. The van der Waals surface area contributed by atoms with E-state index in [1.165, 1.54) is 22.1 Å². The van der Waals surface area contributed by atoms with Crippen molar-refractivity contribution >= 4 is 29.0 Å². The lowest BCUT2D eigenvalue weighted by molar-refractivity contribution is 0.103. The number of anilines is 1. The summed E-state index contributed by atoms with van der Waals surface area (Å²) in [7, 11) is 0. The van der Waals surface area contributed by atoms with E-state index >= 15 is 0 Å². The van der Waals surface area contributed by atoms with Gasteiger partial charge in [0.15, 0.2) is 0 Å². The van der Waals surface area contributed by atoms with E-state index in [0.29, 0.717) is 28.4 Å². The molecule has 0 aliphatic heterocycles. The lowest BCUT2D eigenvalue weighted by Gasteiger charge is -2.12. The molecule has 0 bridgehead atoms. The standard InChI is InChI=1S/C27H26N4O3S/c32-24-13-12-20(29-26(33)25-11-6-14-35-25)15-21(24)22-16-23(19-9-4-5-10-19)31(30-22)27(34)28-17-18-7-2-1-3-8-18/h1-3,6-8,11-16,19,32H,4-5,9-10,17H2,(H,28,34)(H,29,33). The Balaban J connectivity index is 1.43. The summed E-state index contributed by atoms with van der Waals surface area (Å²) in [6, 6.07) is 19.7. The summed E-state index contributed by atoms with van der Waals surface area (Å²) < 4.78 is 1.44. The molecule has 35 heavy (non-hydrogen) atoms. The van der Waals surface area contributed by atoms with Crippen LogP contribution in [0.25, 0.3) is 11.3 Å². The maximum absolute atomic E-state index is 13.1. The number of carbonyl (C=O) groups excluding carboxylic acids is 2. The number of aromatic nitrogens is 2. The molecule has 0 radical (unpaired) electrons. The van der Waals surface area contributed by atoms with Gasteiger partial charge in [0.25, 0.3) is 5.91 Å². The molecule has 1 saturated carbocycles. The van der Waals surface area contributed by atoms with Gasteiger partial charge in [0, 0.05) is 23.7 Å². The molecule has 0 atom stereocenters. The number of benzene rings is 2. The molecule has 1 fully saturated rings. The van der Waals surface area contributed by atoms with Gasteiger partial charge in [-0.05, 0) is 54.1 Å². The number of hydrogen-bond donors (Lipinski definition) is 3. The molecule has 8 heteroatoms. The Morgan fingerprint density at radius 3 is 2.57 bits per heavy atom. The number of amides is 2. The first-order valence-corrected chi connectivity index (χ1v) is 12.6. The number of nitrogens with one attached hydrogen (secondary N) is 2. The summed E-state index contributed by atoms with van der Waals surface area (Å²) >= 11 is 1.36. The Labute approximate surface area is 207 Å².